The smallest absolute Gasteiger partial charge is 0.411 e. The van der Waals surface area contributed by atoms with Gasteiger partial charge >= 0.3 is 6.09 Å². The van der Waals surface area contributed by atoms with Crippen molar-refractivity contribution in [3.8, 4) is 0 Å². The number of halogens is 1. The Labute approximate surface area is 136 Å². The molecule has 6 heteroatoms. The summed E-state index contributed by atoms with van der Waals surface area (Å²) in [5, 5.41) is 0. The molecule has 21 heavy (non-hydrogen) atoms. The Morgan fingerprint density at radius 3 is 2.57 bits per heavy atom. The molecule has 1 aromatic carbocycles. The molecule has 0 radical (unpaired) electrons. The Hall–Kier alpha value is -1.44. The van der Waals surface area contributed by atoms with Crippen molar-refractivity contribution in [3.05, 3.63) is 35.9 Å². The minimum atomic E-state index is -0.717. The number of nitrogens with zero attached hydrogens (tertiary/aromatic N) is 1. The molecular weight excluding hydrogens is 385 g/mol. The number of amides is 1. The minimum Gasteiger partial charge on any atom is -0.445 e. The molecule has 1 unspecified atom stereocenters. The number of carbonyl (C=O) groups is 3. The van der Waals surface area contributed by atoms with E-state index in [1.165, 1.54) is 4.90 Å². The van der Waals surface area contributed by atoms with Crippen molar-refractivity contribution in [1.82, 2.24) is 4.90 Å². The summed E-state index contributed by atoms with van der Waals surface area (Å²) in [6.07, 6.45) is 1.39. The molecule has 0 aromatic heterocycles. The molecule has 112 valence electrons. The molecule has 1 aliphatic rings. The third-order valence-corrected chi connectivity index (χ3v) is 4.62. The highest BCUT2D eigenvalue weighted by Crippen LogP contribution is 2.29. The van der Waals surface area contributed by atoms with Crippen molar-refractivity contribution < 1.29 is 19.1 Å². The van der Waals surface area contributed by atoms with Crippen LogP contribution in [0.3, 0.4) is 0 Å². The first kappa shape index (κ1) is 15.9. The molecule has 0 aliphatic carbocycles. The molecular formula is C15H16INO4. The predicted octanol–water partition coefficient (Wildman–Crippen LogP) is 2.22. The summed E-state index contributed by atoms with van der Waals surface area (Å²) in [4.78, 5) is 35.9. The highest BCUT2D eigenvalue weighted by molar-refractivity contribution is 14.1. The van der Waals surface area contributed by atoms with E-state index in [-0.39, 0.29) is 12.6 Å². The third-order valence-electron chi connectivity index (χ3n) is 3.61. The number of benzene rings is 1. The summed E-state index contributed by atoms with van der Waals surface area (Å²) in [5.41, 5.74) is 0.880. The van der Waals surface area contributed by atoms with Gasteiger partial charge in [0.15, 0.2) is 0 Å². The van der Waals surface area contributed by atoms with Crippen LogP contribution in [0.4, 0.5) is 4.79 Å². The standard InChI is InChI=1S/C15H16INO4/c16-7-13-6-12(8-18)14(9-19)17(13)15(20)21-10-11-4-2-1-3-5-11/h1-5,8-9,12-14H,6-7,10H2/t12-,13?,14-/m1/s1. The molecule has 0 spiro atoms. The SMILES string of the molecule is O=C[C@@H]1[C@@H](C=O)CC(CI)N1C(=O)OCc1ccccc1. The van der Waals surface area contributed by atoms with Crippen LogP contribution in [0, 0.1) is 5.92 Å². The summed E-state index contributed by atoms with van der Waals surface area (Å²) >= 11 is 2.15. The average Bonchev–Trinajstić information content (AvgIpc) is 2.91. The van der Waals surface area contributed by atoms with Crippen LogP contribution in [-0.2, 0) is 20.9 Å². The van der Waals surface area contributed by atoms with E-state index in [0.717, 1.165) is 11.8 Å². The second-order valence-corrected chi connectivity index (χ2v) is 5.80. The van der Waals surface area contributed by atoms with Gasteiger partial charge in [-0.2, -0.15) is 0 Å². The minimum absolute atomic E-state index is 0.140. The molecule has 0 N–H and O–H groups in total. The van der Waals surface area contributed by atoms with Gasteiger partial charge < -0.3 is 14.3 Å². The van der Waals surface area contributed by atoms with Crippen molar-refractivity contribution in [2.45, 2.75) is 25.1 Å². The first-order valence-corrected chi connectivity index (χ1v) is 8.19. The Morgan fingerprint density at radius 2 is 2.00 bits per heavy atom. The van der Waals surface area contributed by atoms with Crippen LogP contribution >= 0.6 is 22.6 Å². The van der Waals surface area contributed by atoms with Crippen molar-refractivity contribution in [3.63, 3.8) is 0 Å². The van der Waals surface area contributed by atoms with E-state index < -0.39 is 18.1 Å². The first-order chi connectivity index (χ1) is 10.2. The predicted molar refractivity (Wildman–Crippen MR) is 85.2 cm³/mol. The van der Waals surface area contributed by atoms with Crippen molar-refractivity contribution in [1.29, 1.82) is 0 Å². The molecule has 3 atom stereocenters. The lowest BCUT2D eigenvalue weighted by atomic mass is 10.0. The first-order valence-electron chi connectivity index (χ1n) is 6.66. The summed E-state index contributed by atoms with van der Waals surface area (Å²) < 4.78 is 5.94. The van der Waals surface area contributed by atoms with E-state index in [0.29, 0.717) is 17.1 Å². The summed E-state index contributed by atoms with van der Waals surface area (Å²) in [6.45, 7) is 0.154. The van der Waals surface area contributed by atoms with Gasteiger partial charge in [-0.1, -0.05) is 52.9 Å². The van der Waals surface area contributed by atoms with Crippen molar-refractivity contribution >= 4 is 41.3 Å². The van der Waals surface area contributed by atoms with E-state index in [2.05, 4.69) is 22.6 Å². The van der Waals surface area contributed by atoms with E-state index in [9.17, 15) is 14.4 Å². The second kappa shape index (κ2) is 7.53. The molecule has 0 saturated carbocycles. The number of alkyl halides is 1. The van der Waals surface area contributed by atoms with Crippen LogP contribution in [-0.4, -0.2) is 40.1 Å². The van der Waals surface area contributed by atoms with Gasteiger partial charge in [0.1, 0.15) is 25.2 Å². The largest absolute Gasteiger partial charge is 0.445 e. The van der Waals surface area contributed by atoms with Crippen LogP contribution < -0.4 is 0 Å². The molecule has 0 bridgehead atoms. The van der Waals surface area contributed by atoms with Gasteiger partial charge in [0, 0.05) is 16.4 Å². The zero-order chi connectivity index (χ0) is 15.2. The van der Waals surface area contributed by atoms with E-state index in [1.807, 2.05) is 30.3 Å². The van der Waals surface area contributed by atoms with Crippen LogP contribution in [0.1, 0.15) is 12.0 Å². The fourth-order valence-electron chi connectivity index (χ4n) is 2.52. The molecule has 1 saturated heterocycles. The Kier molecular flexibility index (Phi) is 5.72. The maximum absolute atomic E-state index is 12.2. The Bertz CT molecular complexity index is 508. The summed E-state index contributed by atoms with van der Waals surface area (Å²) in [7, 11) is 0. The van der Waals surface area contributed by atoms with Gasteiger partial charge in [0.25, 0.3) is 0 Å². The van der Waals surface area contributed by atoms with Gasteiger partial charge in [0.2, 0.25) is 0 Å². The molecule has 1 amide bonds. The highest BCUT2D eigenvalue weighted by Gasteiger charge is 2.44. The lowest BCUT2D eigenvalue weighted by Crippen LogP contribution is -2.44. The number of hydrogen-bond acceptors (Lipinski definition) is 4. The Balaban J connectivity index is 2.05. The van der Waals surface area contributed by atoms with E-state index in [4.69, 9.17) is 4.74 Å². The second-order valence-electron chi connectivity index (χ2n) is 4.92. The topological polar surface area (TPSA) is 63.7 Å². The highest BCUT2D eigenvalue weighted by atomic mass is 127. The lowest BCUT2D eigenvalue weighted by molar-refractivity contribution is -0.118. The number of likely N-dealkylation sites (tertiary alicyclic amines) is 1. The summed E-state index contributed by atoms with van der Waals surface area (Å²) in [5.74, 6) is -0.438. The maximum Gasteiger partial charge on any atom is 0.411 e. The van der Waals surface area contributed by atoms with E-state index in [1.54, 1.807) is 0 Å². The zero-order valence-corrected chi connectivity index (χ0v) is 13.5. The fourth-order valence-corrected chi connectivity index (χ4v) is 3.31. The van der Waals surface area contributed by atoms with Crippen LogP contribution in [0.25, 0.3) is 0 Å². The van der Waals surface area contributed by atoms with Gasteiger partial charge in [-0.15, -0.1) is 0 Å². The van der Waals surface area contributed by atoms with Crippen LogP contribution in [0.2, 0.25) is 0 Å². The molecule has 1 heterocycles. The third kappa shape index (κ3) is 3.61. The van der Waals surface area contributed by atoms with Gasteiger partial charge in [-0.25, -0.2) is 4.79 Å². The number of carbonyl (C=O) groups excluding carboxylic acids is 3. The molecule has 1 aromatic rings. The Morgan fingerprint density at radius 1 is 1.29 bits per heavy atom. The normalized spacial score (nSPS) is 24.6. The van der Waals surface area contributed by atoms with Crippen LogP contribution in [0.15, 0.2) is 30.3 Å². The zero-order valence-electron chi connectivity index (χ0n) is 11.4. The van der Waals surface area contributed by atoms with Crippen molar-refractivity contribution in [2.75, 3.05) is 4.43 Å². The molecule has 5 nitrogen and oxygen atoms in total. The maximum atomic E-state index is 12.2. The van der Waals surface area contributed by atoms with Gasteiger partial charge in [-0.3, -0.25) is 4.90 Å². The average molecular weight is 401 g/mol. The van der Waals surface area contributed by atoms with Gasteiger partial charge in [-0.05, 0) is 12.0 Å². The quantitative estimate of drug-likeness (QED) is 0.431. The van der Waals surface area contributed by atoms with Crippen molar-refractivity contribution in [2.24, 2.45) is 5.92 Å². The van der Waals surface area contributed by atoms with Gasteiger partial charge in [0.05, 0.1) is 0 Å². The summed E-state index contributed by atoms with van der Waals surface area (Å²) in [6, 6.07) is 8.48. The number of hydrogen-bond donors (Lipinski definition) is 0. The van der Waals surface area contributed by atoms with E-state index >= 15 is 0 Å². The molecule has 2 rings (SSSR count). The molecule has 1 fully saturated rings. The number of aldehydes is 2. The van der Waals surface area contributed by atoms with Crippen LogP contribution in [0.5, 0.6) is 0 Å². The monoisotopic (exact) mass is 401 g/mol. The number of ether oxygens (including phenoxy) is 1. The lowest BCUT2D eigenvalue weighted by Gasteiger charge is -2.26. The number of rotatable bonds is 5. The molecule has 1 aliphatic heterocycles. The fraction of sp³-hybridized carbons (Fsp3) is 0.400.